The predicted octanol–water partition coefficient (Wildman–Crippen LogP) is 4.62. The lowest BCUT2D eigenvalue weighted by Crippen LogP contribution is -2.37. The van der Waals surface area contributed by atoms with Gasteiger partial charge in [0.25, 0.3) is 0 Å². The van der Waals surface area contributed by atoms with E-state index in [9.17, 15) is 4.79 Å². The molecule has 0 atom stereocenters. The highest BCUT2D eigenvalue weighted by atomic mass is 35.5. The average Bonchev–Trinajstić information content (AvgIpc) is 3.00. The third-order valence-electron chi connectivity index (χ3n) is 6.33. The minimum absolute atomic E-state index is 0.195. The molecule has 1 fully saturated rings. The van der Waals surface area contributed by atoms with Gasteiger partial charge in [-0.1, -0.05) is 18.2 Å². The lowest BCUT2D eigenvalue weighted by Gasteiger charge is -2.26. The molecule has 0 radical (unpaired) electrons. The van der Waals surface area contributed by atoms with Crippen molar-refractivity contribution >= 4 is 45.6 Å². The Balaban J connectivity index is 1.31. The molecule has 2 aromatic carbocycles. The van der Waals surface area contributed by atoms with E-state index in [4.69, 9.17) is 25.8 Å². The fraction of sp³-hybridized carbons (Fsp3) is 0.276. The minimum Gasteiger partial charge on any atom is -0.491 e. The van der Waals surface area contributed by atoms with Crippen molar-refractivity contribution in [2.75, 3.05) is 50.1 Å². The summed E-state index contributed by atoms with van der Waals surface area (Å²) < 4.78 is 17.3. The van der Waals surface area contributed by atoms with Gasteiger partial charge in [0.2, 0.25) is 5.91 Å². The number of ether oxygens (including phenoxy) is 3. The van der Waals surface area contributed by atoms with E-state index in [2.05, 4.69) is 42.0 Å². The quantitative estimate of drug-likeness (QED) is 0.183. The zero-order valence-corrected chi connectivity index (χ0v) is 23.1. The van der Waals surface area contributed by atoms with Crippen LogP contribution in [0.25, 0.3) is 10.9 Å². The Labute approximate surface area is 242 Å². The van der Waals surface area contributed by atoms with Crippen molar-refractivity contribution in [3.63, 3.8) is 0 Å². The first-order valence-electron chi connectivity index (χ1n) is 13.2. The van der Waals surface area contributed by atoms with Gasteiger partial charge in [0, 0.05) is 49.2 Å². The summed E-state index contributed by atoms with van der Waals surface area (Å²) in [6.45, 7) is 8.51. The van der Waals surface area contributed by atoms with Crippen LogP contribution in [0.15, 0.2) is 67.8 Å². The Morgan fingerprint density at radius 1 is 1.07 bits per heavy atom. The van der Waals surface area contributed by atoms with E-state index in [1.165, 1.54) is 12.4 Å². The van der Waals surface area contributed by atoms with E-state index in [1.54, 1.807) is 42.7 Å². The lowest BCUT2D eigenvalue weighted by atomic mass is 10.1. The summed E-state index contributed by atoms with van der Waals surface area (Å²) in [4.78, 5) is 31.7. The highest BCUT2D eigenvalue weighted by Crippen LogP contribution is 2.35. The van der Waals surface area contributed by atoms with Gasteiger partial charge < -0.3 is 24.8 Å². The van der Waals surface area contributed by atoms with Crippen LogP contribution >= 0.6 is 11.6 Å². The fourth-order valence-corrected chi connectivity index (χ4v) is 4.49. The first kappa shape index (κ1) is 28.2. The predicted molar refractivity (Wildman–Crippen MR) is 157 cm³/mol. The second-order valence-electron chi connectivity index (χ2n) is 9.16. The number of aromatic nitrogens is 4. The molecule has 1 saturated heterocycles. The van der Waals surface area contributed by atoms with E-state index >= 15 is 0 Å². The molecule has 2 aromatic heterocycles. The van der Waals surface area contributed by atoms with Crippen molar-refractivity contribution < 1.29 is 19.0 Å². The van der Waals surface area contributed by atoms with Crippen LogP contribution < -0.4 is 20.1 Å². The third kappa shape index (κ3) is 7.66. The van der Waals surface area contributed by atoms with Gasteiger partial charge in [0.15, 0.2) is 5.82 Å². The summed E-state index contributed by atoms with van der Waals surface area (Å²) in [5, 5.41) is 7.22. The number of hydrogen-bond acceptors (Lipinski definition) is 10. The standard InChI is InChI=1S/C29H30ClN7O4/c1-2-28(38)36-24-16-21-23(17-26(24)40-12-4-9-37-10-13-39-14-11-37)33-19-34-29(21)35-20-5-6-25(22(30)15-20)41-18-27-31-7-3-8-32-27/h2-3,5-8,15-17,19H,1,4,9-14,18H2,(H,36,38)(H,33,34,35). The number of carbonyl (C=O) groups excluding carboxylic acids is 1. The Morgan fingerprint density at radius 3 is 2.68 bits per heavy atom. The molecule has 41 heavy (non-hydrogen) atoms. The van der Waals surface area contributed by atoms with Gasteiger partial charge in [-0.3, -0.25) is 9.69 Å². The van der Waals surface area contributed by atoms with Crippen LogP contribution in [0.5, 0.6) is 11.5 Å². The molecule has 0 saturated carbocycles. The molecule has 1 aliphatic rings. The molecule has 0 spiro atoms. The molecule has 4 aromatic rings. The van der Waals surface area contributed by atoms with Crippen molar-refractivity contribution in [3.05, 3.63) is 78.6 Å². The number of nitrogens with zero attached hydrogens (tertiary/aromatic N) is 5. The molecule has 0 bridgehead atoms. The number of nitrogens with one attached hydrogen (secondary N) is 2. The van der Waals surface area contributed by atoms with E-state index in [0.29, 0.717) is 57.0 Å². The molecule has 0 unspecified atom stereocenters. The zero-order valence-electron chi connectivity index (χ0n) is 22.4. The number of rotatable bonds is 12. The van der Waals surface area contributed by atoms with Crippen molar-refractivity contribution in [3.8, 4) is 11.5 Å². The number of hydrogen-bond donors (Lipinski definition) is 2. The molecule has 1 aliphatic heterocycles. The number of benzene rings is 2. The maximum absolute atomic E-state index is 12.2. The van der Waals surface area contributed by atoms with E-state index in [1.807, 2.05) is 6.07 Å². The topological polar surface area (TPSA) is 124 Å². The van der Waals surface area contributed by atoms with Gasteiger partial charge in [-0.25, -0.2) is 19.9 Å². The van der Waals surface area contributed by atoms with Gasteiger partial charge in [0.05, 0.1) is 36.0 Å². The summed E-state index contributed by atoms with van der Waals surface area (Å²) in [5.41, 5.74) is 1.84. The SMILES string of the molecule is C=CC(=O)Nc1cc2c(Nc3ccc(OCc4ncccn4)c(Cl)c3)ncnc2cc1OCCCN1CCOCC1. The maximum Gasteiger partial charge on any atom is 0.247 e. The van der Waals surface area contributed by atoms with Gasteiger partial charge in [-0.05, 0) is 42.8 Å². The number of halogens is 1. The molecule has 212 valence electrons. The highest BCUT2D eigenvalue weighted by molar-refractivity contribution is 6.32. The second kappa shape index (κ2) is 13.8. The number of morpholine rings is 1. The summed E-state index contributed by atoms with van der Waals surface area (Å²) in [7, 11) is 0. The average molecular weight is 576 g/mol. The largest absolute Gasteiger partial charge is 0.491 e. The van der Waals surface area contributed by atoms with E-state index in [0.717, 1.165) is 39.3 Å². The second-order valence-corrected chi connectivity index (χ2v) is 9.57. The Bertz CT molecular complexity index is 1500. The van der Waals surface area contributed by atoms with Gasteiger partial charge in [0.1, 0.15) is 30.3 Å². The monoisotopic (exact) mass is 575 g/mol. The van der Waals surface area contributed by atoms with Gasteiger partial charge in [-0.2, -0.15) is 0 Å². The number of carbonyl (C=O) groups is 1. The molecular formula is C29H30ClN7O4. The van der Waals surface area contributed by atoms with Gasteiger partial charge >= 0.3 is 0 Å². The van der Waals surface area contributed by atoms with Crippen LogP contribution in [0.1, 0.15) is 12.2 Å². The van der Waals surface area contributed by atoms with Crippen LogP contribution in [-0.2, 0) is 16.1 Å². The normalized spacial score (nSPS) is 13.5. The summed E-state index contributed by atoms with van der Waals surface area (Å²) >= 11 is 6.49. The molecule has 5 rings (SSSR count). The maximum atomic E-state index is 12.2. The molecule has 3 heterocycles. The Kier molecular flexibility index (Phi) is 9.53. The molecule has 0 aliphatic carbocycles. The van der Waals surface area contributed by atoms with Crippen LogP contribution in [0.2, 0.25) is 5.02 Å². The smallest absolute Gasteiger partial charge is 0.247 e. The molecule has 1 amide bonds. The van der Waals surface area contributed by atoms with Crippen molar-refractivity contribution in [2.24, 2.45) is 0 Å². The number of fused-ring (bicyclic) bond motifs is 1. The molecule has 12 heteroatoms. The summed E-state index contributed by atoms with van der Waals surface area (Å²) in [6, 6.07) is 10.7. The van der Waals surface area contributed by atoms with Crippen LogP contribution in [0, 0.1) is 0 Å². The van der Waals surface area contributed by atoms with Crippen LogP contribution in [0.4, 0.5) is 17.2 Å². The summed E-state index contributed by atoms with van der Waals surface area (Å²) in [6.07, 6.45) is 6.82. The van der Waals surface area contributed by atoms with E-state index < -0.39 is 0 Å². The molecular weight excluding hydrogens is 546 g/mol. The first-order valence-corrected chi connectivity index (χ1v) is 13.6. The Hall–Kier alpha value is -4.32. The minimum atomic E-state index is -0.350. The van der Waals surface area contributed by atoms with E-state index in [-0.39, 0.29) is 12.5 Å². The summed E-state index contributed by atoms with van der Waals surface area (Å²) in [5.74, 6) is 1.76. The lowest BCUT2D eigenvalue weighted by molar-refractivity contribution is -0.111. The highest BCUT2D eigenvalue weighted by Gasteiger charge is 2.15. The van der Waals surface area contributed by atoms with Gasteiger partial charge in [-0.15, -0.1) is 0 Å². The Morgan fingerprint density at radius 2 is 1.90 bits per heavy atom. The molecule has 2 N–H and O–H groups in total. The number of amides is 1. The third-order valence-corrected chi connectivity index (χ3v) is 6.63. The van der Waals surface area contributed by atoms with Crippen molar-refractivity contribution in [1.29, 1.82) is 0 Å². The fourth-order valence-electron chi connectivity index (χ4n) is 4.26. The number of anilines is 3. The van der Waals surface area contributed by atoms with Crippen LogP contribution in [0.3, 0.4) is 0 Å². The first-order chi connectivity index (χ1) is 20.1. The van der Waals surface area contributed by atoms with Crippen molar-refractivity contribution in [1.82, 2.24) is 24.8 Å². The zero-order chi connectivity index (χ0) is 28.4. The molecule has 11 nitrogen and oxygen atoms in total. The van der Waals surface area contributed by atoms with Crippen molar-refractivity contribution in [2.45, 2.75) is 13.0 Å². The van der Waals surface area contributed by atoms with Crippen LogP contribution in [-0.4, -0.2) is 70.2 Å².